The molecule has 3 aliphatic rings. The molecule has 8 heteroatoms. The molecule has 0 spiro atoms. The molecule has 0 saturated carbocycles. The van der Waals surface area contributed by atoms with Gasteiger partial charge < -0.3 is 15.8 Å². The molecular weight excluding hydrogens is 296 g/mol. The molecule has 23 heavy (non-hydrogen) atoms. The lowest BCUT2D eigenvalue weighted by molar-refractivity contribution is -0.133. The van der Waals surface area contributed by atoms with Crippen LogP contribution in [0.15, 0.2) is 6.20 Å². The van der Waals surface area contributed by atoms with Gasteiger partial charge in [0.05, 0.1) is 24.8 Å². The third-order valence-corrected chi connectivity index (χ3v) is 5.01. The summed E-state index contributed by atoms with van der Waals surface area (Å²) in [6, 6.07) is 0.434. The normalized spacial score (nSPS) is 29.7. The van der Waals surface area contributed by atoms with Crippen molar-refractivity contribution < 1.29 is 9.53 Å². The van der Waals surface area contributed by atoms with Gasteiger partial charge in [-0.15, -0.1) is 5.10 Å². The van der Waals surface area contributed by atoms with Crippen molar-refractivity contribution in [2.75, 3.05) is 33.4 Å². The summed E-state index contributed by atoms with van der Waals surface area (Å²) in [6.07, 6.45) is 4.06. The smallest absolute Gasteiger partial charge is 0.224 e. The van der Waals surface area contributed by atoms with Gasteiger partial charge in [0.15, 0.2) is 0 Å². The monoisotopic (exact) mass is 322 g/mol. The first-order valence-electron chi connectivity index (χ1n) is 8.31. The maximum Gasteiger partial charge on any atom is 0.224 e. The van der Waals surface area contributed by atoms with Gasteiger partial charge in [0.1, 0.15) is 0 Å². The number of hydrogen-bond donors (Lipinski definition) is 2. The second-order valence-electron chi connectivity index (χ2n) is 6.46. The van der Waals surface area contributed by atoms with E-state index in [1.165, 1.54) is 0 Å². The first-order valence-corrected chi connectivity index (χ1v) is 8.31. The zero-order chi connectivity index (χ0) is 16.2. The lowest BCUT2D eigenvalue weighted by Gasteiger charge is -2.49. The molecular formula is C15H26N6O2. The van der Waals surface area contributed by atoms with E-state index in [1.807, 2.05) is 10.9 Å². The average Bonchev–Trinajstić information content (AvgIpc) is 3.03. The molecule has 8 nitrogen and oxygen atoms in total. The van der Waals surface area contributed by atoms with Gasteiger partial charge in [-0.2, -0.15) is 0 Å². The molecule has 4 heterocycles. The zero-order valence-corrected chi connectivity index (χ0v) is 13.6. The van der Waals surface area contributed by atoms with Crippen molar-refractivity contribution in [2.45, 2.75) is 32.0 Å². The van der Waals surface area contributed by atoms with Crippen LogP contribution >= 0.6 is 0 Å². The first-order chi connectivity index (χ1) is 11.2. The molecule has 3 fully saturated rings. The van der Waals surface area contributed by atoms with Gasteiger partial charge in [-0.25, -0.2) is 0 Å². The molecule has 1 amide bonds. The van der Waals surface area contributed by atoms with Gasteiger partial charge in [-0.1, -0.05) is 5.21 Å². The highest BCUT2D eigenvalue weighted by molar-refractivity contribution is 5.79. The minimum atomic E-state index is 0.104. The number of hydrogen-bond acceptors (Lipinski definition) is 6. The third-order valence-electron chi connectivity index (χ3n) is 5.01. The van der Waals surface area contributed by atoms with E-state index in [9.17, 15) is 4.79 Å². The molecule has 3 aliphatic heterocycles. The first kappa shape index (κ1) is 16.4. The highest BCUT2D eigenvalue weighted by Gasteiger charge is 2.43. The van der Waals surface area contributed by atoms with Crippen LogP contribution in [0, 0.1) is 11.8 Å². The van der Waals surface area contributed by atoms with Crippen molar-refractivity contribution in [2.24, 2.45) is 17.6 Å². The van der Waals surface area contributed by atoms with Gasteiger partial charge in [0.25, 0.3) is 0 Å². The standard InChI is InChI=1S/C15H26N6O2/c1-23-5-3-17-15(22)14-10-20-4-2-11(14)6-13(20)9-21-8-12(7-16)18-19-21/h8,11,13-14H,2-7,9-10,16H2,1H3,(H,17,22)/t11?,13-,14+/m1/s1. The van der Waals surface area contributed by atoms with Gasteiger partial charge in [0.2, 0.25) is 5.91 Å². The Labute approximate surface area is 136 Å². The van der Waals surface area contributed by atoms with Crippen LogP contribution in [0.2, 0.25) is 0 Å². The Morgan fingerprint density at radius 1 is 1.57 bits per heavy atom. The number of rotatable bonds is 7. The minimum absolute atomic E-state index is 0.104. The van der Waals surface area contributed by atoms with Crippen LogP contribution < -0.4 is 11.1 Å². The predicted octanol–water partition coefficient (Wildman–Crippen LogP) is -0.790. The lowest BCUT2D eigenvalue weighted by Crippen LogP contribution is -2.58. The summed E-state index contributed by atoms with van der Waals surface area (Å²) in [4.78, 5) is 14.8. The third kappa shape index (κ3) is 3.70. The van der Waals surface area contributed by atoms with E-state index < -0.39 is 0 Å². The molecule has 2 unspecified atom stereocenters. The molecule has 0 aliphatic carbocycles. The number of nitrogens with zero attached hydrogens (tertiary/aromatic N) is 4. The van der Waals surface area contributed by atoms with Crippen LogP contribution in [0.5, 0.6) is 0 Å². The Morgan fingerprint density at radius 3 is 3.09 bits per heavy atom. The van der Waals surface area contributed by atoms with Crippen molar-refractivity contribution >= 4 is 5.91 Å². The molecule has 4 rings (SSSR count). The van der Waals surface area contributed by atoms with Crippen LogP contribution in [0.4, 0.5) is 0 Å². The van der Waals surface area contributed by atoms with E-state index in [4.69, 9.17) is 10.5 Å². The number of aromatic nitrogens is 3. The molecule has 1 aromatic rings. The van der Waals surface area contributed by atoms with Gasteiger partial charge in [-0.05, 0) is 25.3 Å². The number of piperidine rings is 3. The van der Waals surface area contributed by atoms with Gasteiger partial charge >= 0.3 is 0 Å². The number of methoxy groups -OCH3 is 1. The van der Waals surface area contributed by atoms with Crippen LogP contribution in [-0.2, 0) is 22.6 Å². The summed E-state index contributed by atoms with van der Waals surface area (Å²) >= 11 is 0. The maximum absolute atomic E-state index is 12.3. The molecule has 2 bridgehead atoms. The van der Waals surface area contributed by atoms with E-state index in [-0.39, 0.29) is 11.8 Å². The Bertz CT molecular complexity index is 534. The highest BCUT2D eigenvalue weighted by atomic mass is 16.5. The van der Waals surface area contributed by atoms with E-state index in [1.54, 1.807) is 7.11 Å². The summed E-state index contributed by atoms with van der Waals surface area (Å²) in [5.74, 6) is 0.735. The van der Waals surface area contributed by atoms with Crippen molar-refractivity contribution in [1.29, 1.82) is 0 Å². The molecule has 4 atom stereocenters. The maximum atomic E-state index is 12.3. The number of carbonyl (C=O) groups excluding carboxylic acids is 1. The number of nitrogens with two attached hydrogens (primary N) is 1. The molecule has 1 aromatic heterocycles. The van der Waals surface area contributed by atoms with Crippen LogP contribution in [0.25, 0.3) is 0 Å². The lowest BCUT2D eigenvalue weighted by atomic mass is 9.75. The van der Waals surface area contributed by atoms with E-state index in [0.29, 0.717) is 31.7 Å². The second kappa shape index (κ2) is 7.37. The van der Waals surface area contributed by atoms with Crippen LogP contribution in [0.1, 0.15) is 18.5 Å². The van der Waals surface area contributed by atoms with Crippen LogP contribution in [-0.4, -0.2) is 65.2 Å². The summed E-state index contributed by atoms with van der Waals surface area (Å²) in [5, 5.41) is 11.2. The fourth-order valence-electron chi connectivity index (χ4n) is 3.77. The largest absolute Gasteiger partial charge is 0.383 e. The average molecular weight is 322 g/mol. The van der Waals surface area contributed by atoms with Crippen molar-refractivity contribution in [3.05, 3.63) is 11.9 Å². The van der Waals surface area contributed by atoms with Gasteiger partial charge in [0, 0.05) is 39.0 Å². The van der Waals surface area contributed by atoms with Crippen molar-refractivity contribution in [3.63, 3.8) is 0 Å². The Kier molecular flexibility index (Phi) is 5.24. The number of amides is 1. The van der Waals surface area contributed by atoms with E-state index in [0.717, 1.165) is 38.2 Å². The fraction of sp³-hybridized carbons (Fsp3) is 0.800. The van der Waals surface area contributed by atoms with Crippen molar-refractivity contribution in [1.82, 2.24) is 25.2 Å². The predicted molar refractivity (Wildman–Crippen MR) is 84.4 cm³/mol. The summed E-state index contributed by atoms with van der Waals surface area (Å²) in [6.45, 7) is 4.29. The Balaban J connectivity index is 1.55. The Morgan fingerprint density at radius 2 is 2.43 bits per heavy atom. The number of ether oxygens (including phenoxy) is 1. The second-order valence-corrected chi connectivity index (χ2v) is 6.46. The van der Waals surface area contributed by atoms with Crippen molar-refractivity contribution in [3.8, 4) is 0 Å². The SMILES string of the molecule is COCCNC(=O)[C@H]1CN2CCC1C[C@@H]2Cn1cc(CN)nn1. The zero-order valence-electron chi connectivity index (χ0n) is 13.6. The molecule has 3 N–H and O–H groups in total. The fourth-order valence-corrected chi connectivity index (χ4v) is 3.77. The summed E-state index contributed by atoms with van der Waals surface area (Å²) < 4.78 is 6.86. The number of nitrogens with one attached hydrogen (secondary N) is 1. The molecule has 3 saturated heterocycles. The molecule has 0 aromatic carbocycles. The topological polar surface area (TPSA) is 98.3 Å². The quantitative estimate of drug-likeness (QED) is 0.639. The Hall–Kier alpha value is -1.51. The summed E-state index contributed by atoms with van der Waals surface area (Å²) in [7, 11) is 1.64. The highest BCUT2D eigenvalue weighted by Crippen LogP contribution is 2.36. The molecule has 128 valence electrons. The number of fused-ring (bicyclic) bond motifs is 3. The molecule has 0 radical (unpaired) electrons. The minimum Gasteiger partial charge on any atom is -0.383 e. The number of carbonyl (C=O) groups is 1. The van der Waals surface area contributed by atoms with Crippen LogP contribution in [0.3, 0.4) is 0 Å². The summed E-state index contributed by atoms with van der Waals surface area (Å²) in [5.41, 5.74) is 6.39. The van der Waals surface area contributed by atoms with E-state index in [2.05, 4.69) is 20.5 Å². The van der Waals surface area contributed by atoms with Gasteiger partial charge in [-0.3, -0.25) is 14.4 Å². The van der Waals surface area contributed by atoms with E-state index >= 15 is 0 Å².